The molecule has 0 spiro atoms. The van der Waals surface area contributed by atoms with Gasteiger partial charge in [-0.3, -0.25) is 0 Å². The second-order valence-corrected chi connectivity index (χ2v) is 3.53. The molecule has 0 radical (unpaired) electrons. The first-order chi connectivity index (χ1) is 7.43. The molecule has 15 heavy (non-hydrogen) atoms. The molecule has 3 rings (SSSR count). The summed E-state index contributed by atoms with van der Waals surface area (Å²) in [5.74, 6) is 0.923. The van der Waals surface area contributed by atoms with Gasteiger partial charge in [0.25, 0.3) is 0 Å². The zero-order valence-electron chi connectivity index (χ0n) is 8.14. The van der Waals surface area contributed by atoms with Crippen molar-refractivity contribution in [3.05, 3.63) is 48.7 Å². The van der Waals surface area contributed by atoms with E-state index in [-0.39, 0.29) is 6.98 Å². The first-order valence-corrected chi connectivity index (χ1v) is 4.96. The van der Waals surface area contributed by atoms with E-state index in [0.29, 0.717) is 0 Å². The van der Waals surface area contributed by atoms with E-state index in [2.05, 4.69) is 27.6 Å². The van der Waals surface area contributed by atoms with Crippen molar-refractivity contribution in [1.82, 2.24) is 4.98 Å². The largest absolute Gasteiger partial charge is 0.407 e. The molecule has 0 bridgehead atoms. The number of nitrogens with one attached hydrogen (secondary N) is 2. The van der Waals surface area contributed by atoms with E-state index in [1.165, 1.54) is 5.46 Å². The molecule has 0 fully saturated rings. The Balaban J connectivity index is 1.91. The van der Waals surface area contributed by atoms with Crippen molar-refractivity contribution >= 4 is 24.0 Å². The maximum absolute atomic E-state index is 4.26. The zero-order chi connectivity index (χ0) is 10.1. The van der Waals surface area contributed by atoms with Crippen LogP contribution < -0.4 is 15.9 Å². The van der Waals surface area contributed by atoms with Gasteiger partial charge in [0, 0.05) is 6.20 Å². The van der Waals surface area contributed by atoms with Gasteiger partial charge in [0.2, 0.25) is 0 Å². The number of anilines is 2. The molecule has 1 aromatic carbocycles. The molecule has 3 nitrogen and oxygen atoms in total. The van der Waals surface area contributed by atoms with Crippen LogP contribution in [-0.4, -0.2) is 12.0 Å². The van der Waals surface area contributed by atoms with Crippen LogP contribution in [0.4, 0.5) is 11.5 Å². The molecular formula is C11H10BN3. The van der Waals surface area contributed by atoms with Crippen molar-refractivity contribution < 1.29 is 0 Å². The molecule has 0 unspecified atom stereocenters. The molecule has 2 heterocycles. The fourth-order valence-electron chi connectivity index (χ4n) is 1.78. The minimum Gasteiger partial charge on any atom is -0.402 e. The van der Waals surface area contributed by atoms with Crippen molar-refractivity contribution in [3.63, 3.8) is 0 Å². The lowest BCUT2D eigenvalue weighted by atomic mass is 9.69. The molecule has 1 aromatic heterocycles. The van der Waals surface area contributed by atoms with Gasteiger partial charge < -0.3 is 10.5 Å². The molecule has 1 aliphatic rings. The molecule has 1 aliphatic heterocycles. The number of fused-ring (bicyclic) bond motifs is 1. The van der Waals surface area contributed by atoms with Crippen molar-refractivity contribution in [2.24, 2.45) is 0 Å². The van der Waals surface area contributed by atoms with Gasteiger partial charge in [-0.25, -0.2) is 4.98 Å². The summed E-state index contributed by atoms with van der Waals surface area (Å²) in [6.07, 6.45) is 1.79. The lowest BCUT2D eigenvalue weighted by Gasteiger charge is -2.05. The Kier molecular flexibility index (Phi) is 1.84. The maximum Gasteiger partial charge on any atom is 0.407 e. The Morgan fingerprint density at radius 2 is 1.80 bits per heavy atom. The molecule has 2 N–H and O–H groups in total. The van der Waals surface area contributed by atoms with E-state index in [9.17, 15) is 0 Å². The van der Waals surface area contributed by atoms with E-state index in [4.69, 9.17) is 0 Å². The Morgan fingerprint density at radius 1 is 0.933 bits per heavy atom. The van der Waals surface area contributed by atoms with E-state index in [1.54, 1.807) is 6.20 Å². The van der Waals surface area contributed by atoms with Gasteiger partial charge >= 0.3 is 6.98 Å². The van der Waals surface area contributed by atoms with Crippen LogP contribution in [0.1, 0.15) is 0 Å². The van der Waals surface area contributed by atoms with Gasteiger partial charge in [0.15, 0.2) is 0 Å². The molecule has 0 saturated carbocycles. The van der Waals surface area contributed by atoms with Crippen LogP contribution in [0.5, 0.6) is 0 Å². The van der Waals surface area contributed by atoms with Gasteiger partial charge in [-0.2, -0.15) is 0 Å². The van der Waals surface area contributed by atoms with Gasteiger partial charge in [0.1, 0.15) is 5.82 Å². The molecule has 0 aliphatic carbocycles. The first-order valence-electron chi connectivity index (χ1n) is 4.96. The molecular weight excluding hydrogens is 185 g/mol. The van der Waals surface area contributed by atoms with Crippen molar-refractivity contribution in [2.45, 2.75) is 0 Å². The van der Waals surface area contributed by atoms with Gasteiger partial charge in [-0.15, -0.1) is 0 Å². The summed E-state index contributed by atoms with van der Waals surface area (Å²) in [7, 11) is 0. The highest BCUT2D eigenvalue weighted by atomic mass is 15.1. The van der Waals surface area contributed by atoms with Crippen LogP contribution in [-0.2, 0) is 0 Å². The molecule has 72 valence electrons. The Bertz CT molecular complexity index is 447. The maximum atomic E-state index is 4.26. The predicted octanol–water partition coefficient (Wildman–Crippen LogP) is 1.31. The average molecular weight is 195 g/mol. The third kappa shape index (κ3) is 1.44. The van der Waals surface area contributed by atoms with Crippen LogP contribution in [0.15, 0.2) is 48.7 Å². The highest BCUT2D eigenvalue weighted by Crippen LogP contribution is 2.23. The van der Waals surface area contributed by atoms with Crippen molar-refractivity contribution in [1.29, 1.82) is 0 Å². The fourth-order valence-corrected chi connectivity index (χ4v) is 1.78. The van der Waals surface area contributed by atoms with Crippen LogP contribution >= 0.6 is 0 Å². The van der Waals surface area contributed by atoms with Crippen LogP contribution in [0.3, 0.4) is 0 Å². The number of rotatable bonds is 1. The average Bonchev–Trinajstić information content (AvgIpc) is 2.74. The number of nitrogens with zero attached hydrogens (tertiary/aromatic N) is 1. The van der Waals surface area contributed by atoms with E-state index >= 15 is 0 Å². The molecule has 2 aromatic rings. The summed E-state index contributed by atoms with van der Waals surface area (Å²) < 4.78 is 0. The van der Waals surface area contributed by atoms with E-state index < -0.39 is 0 Å². The Hall–Kier alpha value is -1.97. The summed E-state index contributed by atoms with van der Waals surface area (Å²) in [4.78, 5) is 4.26. The third-order valence-corrected chi connectivity index (χ3v) is 2.52. The summed E-state index contributed by atoms with van der Waals surface area (Å²) in [6, 6.07) is 14.2. The fraction of sp³-hybridized carbons (Fsp3) is 0. The first kappa shape index (κ1) is 8.35. The third-order valence-electron chi connectivity index (χ3n) is 2.52. The van der Waals surface area contributed by atoms with Gasteiger partial charge in [-0.1, -0.05) is 30.3 Å². The summed E-state index contributed by atoms with van der Waals surface area (Å²) >= 11 is 0. The quantitative estimate of drug-likeness (QED) is 0.673. The second kappa shape index (κ2) is 3.31. The van der Waals surface area contributed by atoms with Crippen LogP contribution in [0.25, 0.3) is 0 Å². The summed E-state index contributed by atoms with van der Waals surface area (Å²) in [5, 5.41) is 6.71. The SMILES string of the molecule is c1ccc(B2Nc3cccnc3N2)cc1. The summed E-state index contributed by atoms with van der Waals surface area (Å²) in [6.45, 7) is 0.135. The predicted molar refractivity (Wildman–Crippen MR) is 63.3 cm³/mol. The number of hydrogen-bond acceptors (Lipinski definition) is 3. The lowest BCUT2D eigenvalue weighted by Crippen LogP contribution is -2.41. The zero-order valence-corrected chi connectivity index (χ0v) is 8.14. The normalized spacial score (nSPS) is 12.9. The molecule has 0 amide bonds. The summed E-state index contributed by atoms with van der Waals surface area (Å²) in [5.41, 5.74) is 2.28. The Morgan fingerprint density at radius 3 is 2.60 bits per heavy atom. The molecule has 4 heteroatoms. The lowest BCUT2D eigenvalue weighted by molar-refractivity contribution is 1.35. The number of pyridine rings is 1. The smallest absolute Gasteiger partial charge is 0.402 e. The molecule has 0 saturated heterocycles. The van der Waals surface area contributed by atoms with E-state index in [1.807, 2.05) is 30.3 Å². The van der Waals surface area contributed by atoms with Gasteiger partial charge in [0.05, 0.1) is 5.69 Å². The second-order valence-electron chi connectivity index (χ2n) is 3.53. The topological polar surface area (TPSA) is 37.0 Å². The van der Waals surface area contributed by atoms with Crippen molar-refractivity contribution in [2.75, 3.05) is 10.5 Å². The highest BCUT2D eigenvalue weighted by Gasteiger charge is 2.26. The minimum atomic E-state index is 0.135. The van der Waals surface area contributed by atoms with Crippen LogP contribution in [0, 0.1) is 0 Å². The van der Waals surface area contributed by atoms with E-state index in [0.717, 1.165) is 11.5 Å². The standard InChI is InChI=1S/C11H10BN3/c1-2-5-9(6-3-1)12-14-10-7-4-8-13-11(10)15-12/h1-8,14H,(H,13,15). The van der Waals surface area contributed by atoms with Gasteiger partial charge in [-0.05, 0) is 17.6 Å². The van der Waals surface area contributed by atoms with Crippen LogP contribution in [0.2, 0.25) is 0 Å². The number of hydrogen-bond donors (Lipinski definition) is 2. The minimum absolute atomic E-state index is 0.135. The van der Waals surface area contributed by atoms with Crippen molar-refractivity contribution in [3.8, 4) is 0 Å². The monoisotopic (exact) mass is 195 g/mol. The Labute approximate surface area is 88.7 Å². The molecule has 0 atom stereocenters. The number of benzene rings is 1. The number of aromatic nitrogens is 1. The highest BCUT2D eigenvalue weighted by molar-refractivity contribution is 6.80.